The maximum atomic E-state index is 13.7. The molecule has 1 atom stereocenters. The number of rotatable bonds is 4. The maximum Gasteiger partial charge on any atom is 0.142 e. The van der Waals surface area contributed by atoms with Gasteiger partial charge in [-0.2, -0.15) is 0 Å². The number of nitrogens with one attached hydrogen (secondary N) is 1. The summed E-state index contributed by atoms with van der Waals surface area (Å²) in [5.41, 5.74) is 0.673. The summed E-state index contributed by atoms with van der Waals surface area (Å²) < 4.78 is 33.6. The van der Waals surface area contributed by atoms with Gasteiger partial charge in [-0.25, -0.2) is 8.78 Å². The predicted molar refractivity (Wildman–Crippen MR) is 79.1 cm³/mol. The molecule has 0 fully saturated rings. The smallest absolute Gasteiger partial charge is 0.142 e. The fourth-order valence-electron chi connectivity index (χ4n) is 2.02. The van der Waals surface area contributed by atoms with Crippen LogP contribution in [0.1, 0.15) is 18.5 Å². The Morgan fingerprint density at radius 2 is 1.80 bits per heavy atom. The fourth-order valence-corrected chi connectivity index (χ4v) is 2.38. The van der Waals surface area contributed by atoms with Crippen molar-refractivity contribution < 1.29 is 13.5 Å². The van der Waals surface area contributed by atoms with E-state index < -0.39 is 17.7 Å². The van der Waals surface area contributed by atoms with Crippen LogP contribution >= 0.6 is 15.9 Å². The second kappa shape index (κ2) is 6.22. The molecule has 0 spiro atoms. The van der Waals surface area contributed by atoms with Crippen LogP contribution in [0, 0.1) is 11.6 Å². The van der Waals surface area contributed by atoms with E-state index in [4.69, 9.17) is 4.74 Å². The average Bonchev–Trinajstić information content (AvgIpc) is 2.38. The molecule has 0 aliphatic rings. The molecular weight excluding hydrogens is 328 g/mol. The van der Waals surface area contributed by atoms with Crippen LogP contribution < -0.4 is 10.1 Å². The minimum Gasteiger partial charge on any atom is -0.495 e. The van der Waals surface area contributed by atoms with Crippen LogP contribution in [0.2, 0.25) is 0 Å². The van der Waals surface area contributed by atoms with Gasteiger partial charge in [-0.3, -0.25) is 0 Å². The molecule has 0 aliphatic carbocycles. The molecule has 2 nitrogen and oxygen atoms in total. The highest BCUT2D eigenvalue weighted by molar-refractivity contribution is 9.10. The molecule has 0 radical (unpaired) electrons. The molecule has 20 heavy (non-hydrogen) atoms. The summed E-state index contributed by atoms with van der Waals surface area (Å²) in [6, 6.07) is 8.72. The molecule has 0 amide bonds. The monoisotopic (exact) mass is 341 g/mol. The first-order chi connectivity index (χ1) is 9.52. The molecule has 0 saturated heterocycles. The quantitative estimate of drug-likeness (QED) is 0.853. The summed E-state index contributed by atoms with van der Waals surface area (Å²) in [4.78, 5) is 0. The van der Waals surface area contributed by atoms with Gasteiger partial charge in [-0.1, -0.05) is 22.0 Å². The van der Waals surface area contributed by atoms with Crippen LogP contribution in [0.4, 0.5) is 14.5 Å². The van der Waals surface area contributed by atoms with Crippen molar-refractivity contribution in [3.05, 3.63) is 58.1 Å². The van der Waals surface area contributed by atoms with Crippen molar-refractivity contribution in [3.63, 3.8) is 0 Å². The van der Waals surface area contributed by atoms with Crippen molar-refractivity contribution in [2.24, 2.45) is 0 Å². The van der Waals surface area contributed by atoms with E-state index in [0.717, 1.165) is 4.47 Å². The van der Waals surface area contributed by atoms with E-state index in [-0.39, 0.29) is 5.56 Å². The summed E-state index contributed by atoms with van der Waals surface area (Å²) in [5, 5.41) is 3.07. The normalized spacial score (nSPS) is 12.1. The molecule has 0 saturated carbocycles. The molecule has 2 aromatic rings. The van der Waals surface area contributed by atoms with E-state index >= 15 is 0 Å². The van der Waals surface area contributed by atoms with E-state index in [1.165, 1.54) is 18.2 Å². The van der Waals surface area contributed by atoms with Gasteiger partial charge in [0.05, 0.1) is 18.8 Å². The first kappa shape index (κ1) is 14.8. The second-order valence-corrected chi connectivity index (χ2v) is 5.26. The standard InChI is InChI=1S/C15H14BrF2NO/c1-9(15-11(17)4-3-5-12(15)18)19-13-8-10(16)6-7-14(13)20-2/h3-9,19H,1-2H3. The molecule has 0 aromatic heterocycles. The minimum absolute atomic E-state index is 0.00882. The number of anilines is 1. The summed E-state index contributed by atoms with van der Waals surface area (Å²) in [6.45, 7) is 1.70. The van der Waals surface area contributed by atoms with Crippen LogP contribution in [0.5, 0.6) is 5.75 Å². The largest absolute Gasteiger partial charge is 0.495 e. The van der Waals surface area contributed by atoms with Crippen molar-refractivity contribution in [2.75, 3.05) is 12.4 Å². The fraction of sp³-hybridized carbons (Fsp3) is 0.200. The molecule has 1 N–H and O–H groups in total. The molecule has 1 unspecified atom stereocenters. The molecule has 2 rings (SSSR count). The third kappa shape index (κ3) is 3.10. The topological polar surface area (TPSA) is 21.3 Å². The van der Waals surface area contributed by atoms with Crippen molar-refractivity contribution in [2.45, 2.75) is 13.0 Å². The molecule has 0 aliphatic heterocycles. The Morgan fingerprint density at radius 3 is 2.40 bits per heavy atom. The van der Waals surface area contributed by atoms with Gasteiger partial charge in [0.1, 0.15) is 17.4 Å². The van der Waals surface area contributed by atoms with E-state index in [1.807, 2.05) is 6.07 Å². The van der Waals surface area contributed by atoms with Crippen LogP contribution in [0.15, 0.2) is 40.9 Å². The van der Waals surface area contributed by atoms with Crippen LogP contribution in [-0.4, -0.2) is 7.11 Å². The Kier molecular flexibility index (Phi) is 4.60. The predicted octanol–water partition coefficient (Wildman–Crippen LogP) is 4.91. The first-order valence-corrected chi connectivity index (χ1v) is 6.86. The molecule has 0 heterocycles. The Balaban J connectivity index is 2.32. The van der Waals surface area contributed by atoms with Gasteiger partial charge in [0.15, 0.2) is 0 Å². The van der Waals surface area contributed by atoms with Crippen molar-refractivity contribution in [1.29, 1.82) is 0 Å². The van der Waals surface area contributed by atoms with Gasteiger partial charge in [-0.15, -0.1) is 0 Å². The lowest BCUT2D eigenvalue weighted by Gasteiger charge is -2.19. The summed E-state index contributed by atoms with van der Waals surface area (Å²) in [5.74, 6) is -0.533. The van der Waals surface area contributed by atoms with E-state index in [9.17, 15) is 8.78 Å². The van der Waals surface area contributed by atoms with Gasteiger partial charge in [-0.05, 0) is 37.3 Å². The van der Waals surface area contributed by atoms with Gasteiger partial charge < -0.3 is 10.1 Å². The number of hydrogen-bond donors (Lipinski definition) is 1. The Morgan fingerprint density at radius 1 is 1.15 bits per heavy atom. The van der Waals surface area contributed by atoms with Crippen molar-refractivity contribution in [1.82, 2.24) is 0 Å². The SMILES string of the molecule is COc1ccc(Br)cc1NC(C)c1c(F)cccc1F. The maximum absolute atomic E-state index is 13.7. The molecular formula is C15H14BrF2NO. The molecule has 5 heteroatoms. The van der Waals surface area contributed by atoms with E-state index in [0.29, 0.717) is 11.4 Å². The third-order valence-corrected chi connectivity index (χ3v) is 3.46. The number of halogens is 3. The van der Waals surface area contributed by atoms with Crippen LogP contribution in [0.25, 0.3) is 0 Å². The van der Waals surface area contributed by atoms with E-state index in [1.54, 1.807) is 26.2 Å². The highest BCUT2D eigenvalue weighted by Gasteiger charge is 2.17. The number of benzene rings is 2. The highest BCUT2D eigenvalue weighted by atomic mass is 79.9. The number of hydrogen-bond acceptors (Lipinski definition) is 2. The highest BCUT2D eigenvalue weighted by Crippen LogP contribution is 2.32. The van der Waals surface area contributed by atoms with Crippen molar-refractivity contribution >= 4 is 21.6 Å². The van der Waals surface area contributed by atoms with Gasteiger partial charge in [0, 0.05) is 10.0 Å². The zero-order chi connectivity index (χ0) is 14.7. The van der Waals surface area contributed by atoms with Gasteiger partial charge in [0.25, 0.3) is 0 Å². The molecule has 106 valence electrons. The van der Waals surface area contributed by atoms with Gasteiger partial charge >= 0.3 is 0 Å². The second-order valence-electron chi connectivity index (χ2n) is 4.35. The Bertz CT molecular complexity index is 599. The average molecular weight is 342 g/mol. The summed E-state index contributed by atoms with van der Waals surface area (Å²) in [6.07, 6.45) is 0. The van der Waals surface area contributed by atoms with Gasteiger partial charge in [0.2, 0.25) is 0 Å². The summed E-state index contributed by atoms with van der Waals surface area (Å²) in [7, 11) is 1.54. The van der Waals surface area contributed by atoms with E-state index in [2.05, 4.69) is 21.2 Å². The lowest BCUT2D eigenvalue weighted by Crippen LogP contribution is -2.11. The lowest BCUT2D eigenvalue weighted by atomic mass is 10.1. The molecule has 2 aromatic carbocycles. The Hall–Kier alpha value is -1.62. The van der Waals surface area contributed by atoms with Crippen molar-refractivity contribution in [3.8, 4) is 5.75 Å². The Labute approximate surface area is 124 Å². The first-order valence-electron chi connectivity index (χ1n) is 6.07. The zero-order valence-corrected chi connectivity index (χ0v) is 12.7. The lowest BCUT2D eigenvalue weighted by molar-refractivity contribution is 0.416. The van der Waals surface area contributed by atoms with Crippen LogP contribution in [-0.2, 0) is 0 Å². The van der Waals surface area contributed by atoms with Crippen LogP contribution in [0.3, 0.4) is 0 Å². The third-order valence-electron chi connectivity index (χ3n) is 2.97. The number of ether oxygens (including phenoxy) is 1. The zero-order valence-electron chi connectivity index (χ0n) is 11.1. The number of methoxy groups -OCH3 is 1. The summed E-state index contributed by atoms with van der Waals surface area (Å²) >= 11 is 3.36. The molecule has 0 bridgehead atoms. The minimum atomic E-state index is -0.570.